The van der Waals surface area contributed by atoms with E-state index in [1.165, 1.54) is 19.3 Å². The molecule has 1 aliphatic heterocycles. The molecule has 1 saturated carbocycles. The third-order valence-electron chi connectivity index (χ3n) is 4.34. The molecule has 88 valence electrons. The summed E-state index contributed by atoms with van der Waals surface area (Å²) in [5.41, 5.74) is 0.744. The van der Waals surface area contributed by atoms with Crippen molar-refractivity contribution in [1.82, 2.24) is 0 Å². The maximum absolute atomic E-state index is 5.71. The highest BCUT2D eigenvalue weighted by molar-refractivity contribution is 4.95. The minimum absolute atomic E-state index is 0.00661. The minimum Gasteiger partial charge on any atom is -0.352 e. The highest BCUT2D eigenvalue weighted by Gasteiger charge is 2.47. The SMILES string of the molecule is CC1OCC2(CO1)CC(C)(C)CCC2C. The van der Waals surface area contributed by atoms with Crippen LogP contribution in [0.4, 0.5) is 0 Å². The average molecular weight is 212 g/mol. The normalized spacial score (nSPS) is 45.6. The molecule has 0 aromatic carbocycles. The number of rotatable bonds is 0. The summed E-state index contributed by atoms with van der Waals surface area (Å²) in [4.78, 5) is 0. The first-order chi connectivity index (χ1) is 6.94. The molecular formula is C13H24O2. The number of hydrogen-bond donors (Lipinski definition) is 0. The molecular weight excluding hydrogens is 188 g/mol. The van der Waals surface area contributed by atoms with Crippen molar-refractivity contribution in [3.8, 4) is 0 Å². The summed E-state index contributed by atoms with van der Waals surface area (Å²) in [5, 5.41) is 0. The maximum Gasteiger partial charge on any atom is 0.154 e. The second-order valence-corrected chi connectivity index (χ2v) is 6.33. The zero-order valence-electron chi connectivity index (χ0n) is 10.5. The van der Waals surface area contributed by atoms with E-state index >= 15 is 0 Å². The van der Waals surface area contributed by atoms with Crippen molar-refractivity contribution in [3.63, 3.8) is 0 Å². The molecule has 1 spiro atoms. The molecule has 15 heavy (non-hydrogen) atoms. The summed E-state index contributed by atoms with van der Waals surface area (Å²) in [6.07, 6.45) is 3.89. The van der Waals surface area contributed by atoms with Crippen molar-refractivity contribution < 1.29 is 9.47 Å². The molecule has 0 aromatic rings. The molecule has 0 aromatic heterocycles. The first-order valence-electron chi connectivity index (χ1n) is 6.17. The van der Waals surface area contributed by atoms with Crippen LogP contribution in [-0.4, -0.2) is 19.5 Å². The van der Waals surface area contributed by atoms with E-state index in [9.17, 15) is 0 Å². The third-order valence-corrected chi connectivity index (χ3v) is 4.34. The summed E-state index contributed by atoms with van der Waals surface area (Å²) in [7, 11) is 0. The van der Waals surface area contributed by atoms with Gasteiger partial charge in [0.2, 0.25) is 0 Å². The van der Waals surface area contributed by atoms with Gasteiger partial charge in [0.15, 0.2) is 6.29 Å². The Bertz CT molecular complexity index is 227. The summed E-state index contributed by atoms with van der Waals surface area (Å²) in [6.45, 7) is 10.9. The van der Waals surface area contributed by atoms with Gasteiger partial charge in [-0.3, -0.25) is 0 Å². The van der Waals surface area contributed by atoms with Gasteiger partial charge in [0.1, 0.15) is 0 Å². The Morgan fingerprint density at radius 2 is 1.67 bits per heavy atom. The van der Waals surface area contributed by atoms with Crippen molar-refractivity contribution >= 4 is 0 Å². The third kappa shape index (κ3) is 2.21. The van der Waals surface area contributed by atoms with E-state index in [1.54, 1.807) is 0 Å². The van der Waals surface area contributed by atoms with Crippen LogP contribution in [0.1, 0.15) is 47.0 Å². The van der Waals surface area contributed by atoms with Crippen LogP contribution in [0.5, 0.6) is 0 Å². The summed E-state index contributed by atoms with van der Waals surface area (Å²) < 4.78 is 11.4. The molecule has 1 saturated heterocycles. The topological polar surface area (TPSA) is 18.5 Å². The Hall–Kier alpha value is -0.0800. The Balaban J connectivity index is 2.10. The van der Waals surface area contributed by atoms with Crippen LogP contribution >= 0.6 is 0 Å². The van der Waals surface area contributed by atoms with E-state index in [-0.39, 0.29) is 11.7 Å². The molecule has 2 rings (SSSR count). The number of ether oxygens (including phenoxy) is 2. The predicted octanol–water partition coefficient (Wildman–Crippen LogP) is 3.21. The Labute approximate surface area is 93.3 Å². The Morgan fingerprint density at radius 1 is 1.07 bits per heavy atom. The van der Waals surface area contributed by atoms with Gasteiger partial charge >= 0.3 is 0 Å². The van der Waals surface area contributed by atoms with Gasteiger partial charge in [0, 0.05) is 5.41 Å². The van der Waals surface area contributed by atoms with Crippen molar-refractivity contribution in [2.75, 3.05) is 13.2 Å². The zero-order chi connectivity index (χ0) is 11.1. The molecule has 2 nitrogen and oxygen atoms in total. The molecule has 0 radical (unpaired) electrons. The maximum atomic E-state index is 5.71. The van der Waals surface area contributed by atoms with E-state index in [4.69, 9.17) is 9.47 Å². The van der Waals surface area contributed by atoms with E-state index in [0.717, 1.165) is 19.1 Å². The van der Waals surface area contributed by atoms with Crippen molar-refractivity contribution in [2.24, 2.45) is 16.7 Å². The lowest BCUT2D eigenvalue weighted by atomic mass is 9.59. The molecule has 1 atom stereocenters. The van der Waals surface area contributed by atoms with Gasteiger partial charge < -0.3 is 9.47 Å². The van der Waals surface area contributed by atoms with Gasteiger partial charge in [-0.1, -0.05) is 20.8 Å². The summed E-state index contributed by atoms with van der Waals surface area (Å²) >= 11 is 0. The van der Waals surface area contributed by atoms with Gasteiger partial charge in [-0.05, 0) is 37.5 Å². The molecule has 2 aliphatic rings. The van der Waals surface area contributed by atoms with Gasteiger partial charge in [0.25, 0.3) is 0 Å². The molecule has 0 amide bonds. The molecule has 1 unspecified atom stereocenters. The zero-order valence-corrected chi connectivity index (χ0v) is 10.5. The van der Waals surface area contributed by atoms with Crippen LogP contribution < -0.4 is 0 Å². The van der Waals surface area contributed by atoms with E-state index in [2.05, 4.69) is 20.8 Å². The first-order valence-corrected chi connectivity index (χ1v) is 6.17. The smallest absolute Gasteiger partial charge is 0.154 e. The van der Waals surface area contributed by atoms with Crippen LogP contribution in [0.2, 0.25) is 0 Å². The highest BCUT2D eigenvalue weighted by Crippen LogP contribution is 2.51. The van der Waals surface area contributed by atoms with Crippen LogP contribution in [-0.2, 0) is 9.47 Å². The van der Waals surface area contributed by atoms with Crippen LogP contribution in [0, 0.1) is 16.7 Å². The standard InChI is InChI=1S/C13H24O2/c1-10-5-6-12(3,4)7-13(10)8-14-11(2)15-9-13/h10-11H,5-9H2,1-4H3. The summed E-state index contributed by atoms with van der Waals surface area (Å²) in [5.74, 6) is 0.734. The Morgan fingerprint density at radius 3 is 2.27 bits per heavy atom. The lowest BCUT2D eigenvalue weighted by molar-refractivity contribution is -0.246. The lowest BCUT2D eigenvalue weighted by Gasteiger charge is -2.51. The van der Waals surface area contributed by atoms with Crippen molar-refractivity contribution in [3.05, 3.63) is 0 Å². The molecule has 1 heterocycles. The van der Waals surface area contributed by atoms with E-state index in [1.807, 2.05) is 6.92 Å². The molecule has 0 bridgehead atoms. The van der Waals surface area contributed by atoms with Gasteiger partial charge in [-0.25, -0.2) is 0 Å². The fraction of sp³-hybridized carbons (Fsp3) is 1.00. The van der Waals surface area contributed by atoms with Crippen molar-refractivity contribution in [1.29, 1.82) is 0 Å². The first kappa shape index (κ1) is 11.4. The van der Waals surface area contributed by atoms with E-state index in [0.29, 0.717) is 5.41 Å². The largest absolute Gasteiger partial charge is 0.352 e. The number of hydrogen-bond acceptors (Lipinski definition) is 2. The molecule has 2 fully saturated rings. The molecule has 2 heteroatoms. The van der Waals surface area contributed by atoms with Crippen LogP contribution in [0.15, 0.2) is 0 Å². The van der Waals surface area contributed by atoms with Gasteiger partial charge in [0.05, 0.1) is 13.2 Å². The van der Waals surface area contributed by atoms with Gasteiger partial charge in [-0.2, -0.15) is 0 Å². The quantitative estimate of drug-likeness (QED) is 0.614. The minimum atomic E-state index is -0.00661. The fourth-order valence-electron chi connectivity index (χ4n) is 3.17. The Kier molecular flexibility index (Phi) is 2.85. The monoisotopic (exact) mass is 212 g/mol. The van der Waals surface area contributed by atoms with Crippen molar-refractivity contribution in [2.45, 2.75) is 53.2 Å². The lowest BCUT2D eigenvalue weighted by Crippen LogP contribution is -2.50. The fourth-order valence-corrected chi connectivity index (χ4v) is 3.17. The molecule has 0 N–H and O–H groups in total. The second-order valence-electron chi connectivity index (χ2n) is 6.33. The average Bonchev–Trinajstić information content (AvgIpc) is 2.17. The van der Waals surface area contributed by atoms with E-state index < -0.39 is 0 Å². The van der Waals surface area contributed by atoms with Gasteiger partial charge in [-0.15, -0.1) is 0 Å². The van der Waals surface area contributed by atoms with Crippen LogP contribution in [0.3, 0.4) is 0 Å². The van der Waals surface area contributed by atoms with Crippen LogP contribution in [0.25, 0.3) is 0 Å². The highest BCUT2D eigenvalue weighted by atomic mass is 16.7. The second kappa shape index (κ2) is 3.74. The summed E-state index contributed by atoms with van der Waals surface area (Å²) in [6, 6.07) is 0. The molecule has 1 aliphatic carbocycles. The predicted molar refractivity (Wildman–Crippen MR) is 60.6 cm³/mol.